The summed E-state index contributed by atoms with van der Waals surface area (Å²) in [6.45, 7) is 5.46. The highest BCUT2D eigenvalue weighted by atomic mass is 32.2. The molecule has 0 saturated carbocycles. The first-order chi connectivity index (χ1) is 5.04. The van der Waals surface area contributed by atoms with Gasteiger partial charge in [-0.1, -0.05) is 0 Å². The van der Waals surface area contributed by atoms with E-state index in [1.807, 2.05) is 13.8 Å². The van der Waals surface area contributed by atoms with E-state index in [0.717, 1.165) is 12.2 Å². The van der Waals surface area contributed by atoms with Crippen molar-refractivity contribution in [3.05, 3.63) is 0 Å². The fourth-order valence-corrected chi connectivity index (χ4v) is 2.36. The Hall–Kier alpha value is -0.0200. The van der Waals surface area contributed by atoms with Crippen molar-refractivity contribution in [2.75, 3.05) is 5.75 Å². The minimum Gasteiger partial charge on any atom is -0.354 e. The number of hydrogen-bond donors (Lipinski definition) is 0. The first kappa shape index (κ1) is 9.07. The third-order valence-corrected chi connectivity index (χ3v) is 3.34. The molecule has 0 radical (unpaired) electrons. The molecule has 1 aliphatic heterocycles. The molecule has 2 atom stereocenters. The van der Waals surface area contributed by atoms with Crippen LogP contribution in [0.25, 0.3) is 0 Å². The van der Waals surface area contributed by atoms with E-state index < -0.39 is 4.93 Å². The topological polar surface area (TPSA) is 26.3 Å². The lowest BCUT2D eigenvalue weighted by Gasteiger charge is -2.34. The van der Waals surface area contributed by atoms with E-state index in [9.17, 15) is 4.79 Å². The van der Waals surface area contributed by atoms with Crippen molar-refractivity contribution in [1.82, 2.24) is 0 Å². The van der Waals surface area contributed by atoms with Gasteiger partial charge in [-0.05, 0) is 32.9 Å². The van der Waals surface area contributed by atoms with Gasteiger partial charge in [0.1, 0.15) is 0 Å². The van der Waals surface area contributed by atoms with Gasteiger partial charge in [-0.3, -0.25) is 4.79 Å². The lowest BCUT2D eigenvalue weighted by molar-refractivity contribution is -0.135. The van der Waals surface area contributed by atoms with Gasteiger partial charge in [0, 0.05) is 0 Å². The number of rotatable bonds is 1. The fraction of sp³-hybridized carbons (Fsp3) is 0.875. The molecule has 3 heteroatoms. The van der Waals surface area contributed by atoms with Crippen molar-refractivity contribution >= 4 is 17.5 Å². The van der Waals surface area contributed by atoms with Gasteiger partial charge in [0.25, 0.3) is 0 Å². The van der Waals surface area contributed by atoms with Crippen LogP contribution in [-0.2, 0) is 9.53 Å². The Morgan fingerprint density at radius 2 is 2.36 bits per heavy atom. The third kappa shape index (κ3) is 1.97. The van der Waals surface area contributed by atoms with Gasteiger partial charge < -0.3 is 4.74 Å². The van der Waals surface area contributed by atoms with E-state index in [1.165, 1.54) is 0 Å². The molecule has 64 valence electrons. The fourth-order valence-electron chi connectivity index (χ4n) is 1.08. The number of hydrogen-bond acceptors (Lipinski definition) is 3. The zero-order valence-electron chi connectivity index (χ0n) is 7.22. The predicted molar refractivity (Wildman–Crippen MR) is 46.7 cm³/mol. The Labute approximate surface area is 71.7 Å². The molecule has 11 heavy (non-hydrogen) atoms. The second-order valence-electron chi connectivity index (χ2n) is 3.07. The van der Waals surface area contributed by atoms with Gasteiger partial charge in [0.2, 0.25) is 0 Å². The summed E-state index contributed by atoms with van der Waals surface area (Å²) in [7, 11) is 0. The number of ketones is 1. The first-order valence-corrected chi connectivity index (χ1v) is 4.86. The maximum atomic E-state index is 11.1. The molecule has 0 aliphatic carbocycles. The van der Waals surface area contributed by atoms with Gasteiger partial charge in [-0.25, -0.2) is 0 Å². The second-order valence-corrected chi connectivity index (χ2v) is 4.54. The summed E-state index contributed by atoms with van der Waals surface area (Å²) in [5.41, 5.74) is 0. The third-order valence-electron chi connectivity index (χ3n) is 1.97. The van der Waals surface area contributed by atoms with Crippen molar-refractivity contribution in [1.29, 1.82) is 0 Å². The highest BCUT2D eigenvalue weighted by Gasteiger charge is 2.36. The Kier molecular flexibility index (Phi) is 2.60. The quantitative estimate of drug-likeness (QED) is 0.606. The minimum atomic E-state index is -0.572. The van der Waals surface area contributed by atoms with E-state index in [4.69, 9.17) is 4.74 Å². The molecule has 1 saturated heterocycles. The maximum Gasteiger partial charge on any atom is 0.171 e. The lowest BCUT2D eigenvalue weighted by Crippen LogP contribution is -2.40. The molecule has 0 spiro atoms. The minimum absolute atomic E-state index is 0.119. The average molecular weight is 174 g/mol. The highest BCUT2D eigenvalue weighted by molar-refractivity contribution is 8.01. The summed E-state index contributed by atoms with van der Waals surface area (Å²) in [6.07, 6.45) is 1.28. The van der Waals surface area contributed by atoms with Crippen LogP contribution in [0.1, 0.15) is 27.2 Å². The summed E-state index contributed by atoms with van der Waals surface area (Å²) >= 11 is 1.61. The zero-order valence-corrected chi connectivity index (χ0v) is 8.03. The normalized spacial score (nSPS) is 38.6. The van der Waals surface area contributed by atoms with Crippen LogP contribution in [0.3, 0.4) is 0 Å². The molecule has 1 heterocycles. The molecule has 2 nitrogen and oxygen atoms in total. The molecular formula is C8H14O2S. The lowest BCUT2D eigenvalue weighted by atomic mass is 10.2. The molecule has 0 amide bonds. The Morgan fingerprint density at radius 3 is 2.73 bits per heavy atom. The molecular weight excluding hydrogens is 160 g/mol. The van der Waals surface area contributed by atoms with Crippen LogP contribution in [0, 0.1) is 0 Å². The summed E-state index contributed by atoms with van der Waals surface area (Å²) in [4.78, 5) is 10.5. The van der Waals surface area contributed by atoms with Gasteiger partial charge in [-0.15, -0.1) is 11.8 Å². The van der Waals surface area contributed by atoms with Gasteiger partial charge in [0.15, 0.2) is 10.7 Å². The van der Waals surface area contributed by atoms with E-state index in [0.29, 0.717) is 0 Å². The van der Waals surface area contributed by atoms with Crippen molar-refractivity contribution in [3.63, 3.8) is 0 Å². The Bertz CT molecular complexity index is 169. The molecule has 1 aliphatic rings. The smallest absolute Gasteiger partial charge is 0.171 e. The Morgan fingerprint density at radius 1 is 1.73 bits per heavy atom. The highest BCUT2D eigenvalue weighted by Crippen LogP contribution is 2.34. The number of carbonyl (C=O) groups excluding carboxylic acids is 1. The number of Topliss-reactive ketones (excluding diaryl/α,β-unsaturated/α-hetero) is 1. The zero-order chi connectivity index (χ0) is 8.48. The van der Waals surface area contributed by atoms with Gasteiger partial charge >= 0.3 is 0 Å². The molecule has 0 N–H and O–H groups in total. The van der Waals surface area contributed by atoms with Crippen LogP contribution >= 0.6 is 11.8 Å². The molecule has 2 unspecified atom stereocenters. The van der Waals surface area contributed by atoms with Crippen LogP contribution < -0.4 is 0 Å². The maximum absolute atomic E-state index is 11.1. The second kappa shape index (κ2) is 3.15. The first-order valence-electron chi connectivity index (χ1n) is 3.87. The van der Waals surface area contributed by atoms with Crippen molar-refractivity contribution in [2.45, 2.75) is 38.2 Å². The van der Waals surface area contributed by atoms with Crippen molar-refractivity contribution in [3.8, 4) is 0 Å². The number of thioether (sulfide) groups is 1. The molecule has 0 aromatic rings. The predicted octanol–water partition coefficient (Wildman–Crippen LogP) is 1.83. The van der Waals surface area contributed by atoms with E-state index in [1.54, 1.807) is 18.7 Å². The molecule has 0 aromatic heterocycles. The van der Waals surface area contributed by atoms with E-state index in [2.05, 4.69) is 0 Å². The van der Waals surface area contributed by atoms with E-state index >= 15 is 0 Å². The largest absolute Gasteiger partial charge is 0.354 e. The Balaban J connectivity index is 2.63. The number of carbonyl (C=O) groups is 1. The summed E-state index contributed by atoms with van der Waals surface area (Å²) < 4.78 is 5.55. The van der Waals surface area contributed by atoms with Crippen LogP contribution in [0.2, 0.25) is 0 Å². The van der Waals surface area contributed by atoms with E-state index in [-0.39, 0.29) is 11.9 Å². The average Bonchev–Trinajstić information content (AvgIpc) is 1.86. The van der Waals surface area contributed by atoms with Gasteiger partial charge in [0.05, 0.1) is 6.10 Å². The van der Waals surface area contributed by atoms with Crippen LogP contribution in [-0.4, -0.2) is 22.6 Å². The summed E-state index contributed by atoms with van der Waals surface area (Å²) in [5, 5.41) is 0. The monoisotopic (exact) mass is 174 g/mol. The standard InChI is InChI=1S/C8H14O2S/c1-6-4-5-11-8(3,10-6)7(2)9/h6H,4-5H2,1-3H3. The van der Waals surface area contributed by atoms with Crippen LogP contribution in [0.15, 0.2) is 0 Å². The SMILES string of the molecule is CC(=O)C1(C)OC(C)CCS1. The van der Waals surface area contributed by atoms with Gasteiger partial charge in [-0.2, -0.15) is 0 Å². The molecule has 0 bridgehead atoms. The van der Waals surface area contributed by atoms with Crippen molar-refractivity contribution in [2.24, 2.45) is 0 Å². The molecule has 1 rings (SSSR count). The summed E-state index contributed by atoms with van der Waals surface area (Å²) in [5.74, 6) is 1.14. The van der Waals surface area contributed by atoms with Crippen LogP contribution in [0.4, 0.5) is 0 Å². The van der Waals surface area contributed by atoms with Crippen LogP contribution in [0.5, 0.6) is 0 Å². The number of ether oxygens (including phenoxy) is 1. The summed E-state index contributed by atoms with van der Waals surface area (Å²) in [6, 6.07) is 0. The van der Waals surface area contributed by atoms with Crippen molar-refractivity contribution < 1.29 is 9.53 Å². The molecule has 1 fully saturated rings. The molecule has 0 aromatic carbocycles.